The van der Waals surface area contributed by atoms with E-state index >= 15 is 0 Å². The third-order valence-electron chi connectivity index (χ3n) is 3.40. The van der Waals surface area contributed by atoms with E-state index in [1.165, 1.54) is 16.5 Å². The number of thiazole rings is 1. The van der Waals surface area contributed by atoms with Crippen LogP contribution < -0.4 is 4.74 Å². The van der Waals surface area contributed by atoms with Crippen LogP contribution in [0, 0.1) is 0 Å². The van der Waals surface area contributed by atoms with Crippen LogP contribution in [0.15, 0.2) is 58.2 Å². The summed E-state index contributed by atoms with van der Waals surface area (Å²) >= 11 is 3.17. The first-order valence-corrected chi connectivity index (χ1v) is 9.08. The van der Waals surface area contributed by atoms with Gasteiger partial charge in [0.05, 0.1) is 28.6 Å². The van der Waals surface area contributed by atoms with Gasteiger partial charge in [0, 0.05) is 0 Å². The van der Waals surface area contributed by atoms with E-state index in [-0.39, 0.29) is 0 Å². The van der Waals surface area contributed by atoms with E-state index < -0.39 is 0 Å². The second-order valence-corrected chi connectivity index (χ2v) is 6.98. The summed E-state index contributed by atoms with van der Waals surface area (Å²) in [7, 11) is 1.62. The molecule has 24 heavy (non-hydrogen) atoms. The number of thioether (sulfide) groups is 1. The molecule has 0 aliphatic carbocycles. The number of para-hydroxylation sites is 2. The van der Waals surface area contributed by atoms with Gasteiger partial charge >= 0.3 is 0 Å². The van der Waals surface area contributed by atoms with Gasteiger partial charge in [-0.15, -0.1) is 21.5 Å². The Kier molecular flexibility index (Phi) is 4.18. The first-order valence-electron chi connectivity index (χ1n) is 7.27. The molecule has 0 spiro atoms. The standard InChI is InChI=1S/C17H13N3O2S2/c1-21-13-8-4-2-6-11(13)16-19-20-17(22-16)23-10-15-18-12-7-3-5-9-14(12)24-15/h2-9H,10H2,1H3. The van der Waals surface area contributed by atoms with Crippen molar-refractivity contribution in [3.8, 4) is 17.2 Å². The van der Waals surface area contributed by atoms with E-state index in [0.29, 0.717) is 22.6 Å². The summed E-state index contributed by atoms with van der Waals surface area (Å²) < 4.78 is 12.3. The zero-order valence-corrected chi connectivity index (χ0v) is 14.4. The molecule has 0 radical (unpaired) electrons. The summed E-state index contributed by atoms with van der Waals surface area (Å²) in [6.07, 6.45) is 0. The third kappa shape index (κ3) is 3.00. The number of nitrogens with zero attached hydrogens (tertiary/aromatic N) is 3. The zero-order chi connectivity index (χ0) is 16.4. The normalized spacial score (nSPS) is 11.0. The Morgan fingerprint density at radius 2 is 1.92 bits per heavy atom. The Balaban J connectivity index is 1.51. The molecule has 0 fully saturated rings. The van der Waals surface area contributed by atoms with E-state index in [0.717, 1.165) is 16.1 Å². The summed E-state index contributed by atoms with van der Waals surface area (Å²) in [5, 5.41) is 9.78. The minimum absolute atomic E-state index is 0.458. The van der Waals surface area contributed by atoms with Crippen LogP contribution in [0.4, 0.5) is 0 Å². The van der Waals surface area contributed by atoms with E-state index in [1.54, 1.807) is 18.4 Å². The van der Waals surface area contributed by atoms with Gasteiger partial charge in [-0.1, -0.05) is 36.0 Å². The number of fused-ring (bicyclic) bond motifs is 1. The summed E-state index contributed by atoms with van der Waals surface area (Å²) in [6.45, 7) is 0. The van der Waals surface area contributed by atoms with Gasteiger partial charge < -0.3 is 9.15 Å². The van der Waals surface area contributed by atoms with Crippen molar-refractivity contribution in [1.82, 2.24) is 15.2 Å². The van der Waals surface area contributed by atoms with Crippen molar-refractivity contribution >= 4 is 33.3 Å². The maximum atomic E-state index is 5.75. The minimum atomic E-state index is 0.458. The molecule has 0 aliphatic heterocycles. The van der Waals surface area contributed by atoms with Gasteiger partial charge in [-0.05, 0) is 24.3 Å². The number of aromatic nitrogens is 3. The Morgan fingerprint density at radius 1 is 1.08 bits per heavy atom. The molecule has 0 saturated heterocycles. The highest BCUT2D eigenvalue weighted by Crippen LogP contribution is 2.32. The molecule has 120 valence electrons. The highest BCUT2D eigenvalue weighted by Gasteiger charge is 2.14. The minimum Gasteiger partial charge on any atom is -0.496 e. The molecule has 0 atom stereocenters. The predicted octanol–water partition coefficient (Wildman–Crippen LogP) is 4.65. The van der Waals surface area contributed by atoms with Crippen molar-refractivity contribution in [2.24, 2.45) is 0 Å². The van der Waals surface area contributed by atoms with Gasteiger partial charge in [0.15, 0.2) is 0 Å². The van der Waals surface area contributed by atoms with Crippen LogP contribution in [0.5, 0.6) is 5.75 Å². The number of hydrogen-bond donors (Lipinski definition) is 0. The molecule has 2 aromatic heterocycles. The largest absolute Gasteiger partial charge is 0.496 e. The predicted molar refractivity (Wildman–Crippen MR) is 95.5 cm³/mol. The van der Waals surface area contributed by atoms with E-state index in [1.807, 2.05) is 42.5 Å². The van der Waals surface area contributed by atoms with Crippen molar-refractivity contribution in [3.63, 3.8) is 0 Å². The van der Waals surface area contributed by atoms with Crippen molar-refractivity contribution in [2.75, 3.05) is 7.11 Å². The average Bonchev–Trinajstić information content (AvgIpc) is 3.26. The monoisotopic (exact) mass is 355 g/mol. The van der Waals surface area contributed by atoms with E-state index in [4.69, 9.17) is 9.15 Å². The summed E-state index contributed by atoms with van der Waals surface area (Å²) in [6, 6.07) is 15.7. The number of ether oxygens (including phenoxy) is 1. The lowest BCUT2D eigenvalue weighted by atomic mass is 10.2. The van der Waals surface area contributed by atoms with Crippen molar-refractivity contribution in [2.45, 2.75) is 11.0 Å². The van der Waals surface area contributed by atoms with Gasteiger partial charge in [0.2, 0.25) is 0 Å². The van der Waals surface area contributed by atoms with Gasteiger partial charge in [-0.25, -0.2) is 4.98 Å². The highest BCUT2D eigenvalue weighted by molar-refractivity contribution is 7.98. The molecular formula is C17H13N3O2S2. The Morgan fingerprint density at radius 3 is 2.79 bits per heavy atom. The van der Waals surface area contributed by atoms with Gasteiger partial charge in [-0.2, -0.15) is 0 Å². The Hall–Kier alpha value is -2.38. The van der Waals surface area contributed by atoms with Crippen molar-refractivity contribution in [3.05, 3.63) is 53.5 Å². The molecular weight excluding hydrogens is 342 g/mol. The molecule has 2 heterocycles. The maximum Gasteiger partial charge on any atom is 0.277 e. The van der Waals surface area contributed by atoms with E-state index in [9.17, 15) is 0 Å². The average molecular weight is 355 g/mol. The zero-order valence-electron chi connectivity index (χ0n) is 12.8. The van der Waals surface area contributed by atoms with Crippen LogP contribution in [0.2, 0.25) is 0 Å². The Labute approximate surface area is 146 Å². The molecule has 4 aromatic rings. The fraction of sp³-hybridized carbons (Fsp3) is 0.118. The first kappa shape index (κ1) is 15.2. The van der Waals surface area contributed by atoms with Crippen molar-refractivity contribution in [1.29, 1.82) is 0 Å². The topological polar surface area (TPSA) is 61.0 Å². The van der Waals surface area contributed by atoms with Crippen LogP contribution in [-0.4, -0.2) is 22.3 Å². The summed E-state index contributed by atoms with van der Waals surface area (Å²) in [4.78, 5) is 4.61. The fourth-order valence-electron chi connectivity index (χ4n) is 2.30. The van der Waals surface area contributed by atoms with Crippen LogP contribution in [0.3, 0.4) is 0 Å². The molecule has 0 saturated carbocycles. The molecule has 0 unspecified atom stereocenters. The lowest BCUT2D eigenvalue weighted by molar-refractivity contribution is 0.411. The van der Waals surface area contributed by atoms with E-state index in [2.05, 4.69) is 21.2 Å². The number of benzene rings is 2. The molecule has 0 amide bonds. The molecule has 0 aliphatic rings. The maximum absolute atomic E-state index is 5.75. The van der Waals surface area contributed by atoms with Crippen LogP contribution >= 0.6 is 23.1 Å². The SMILES string of the molecule is COc1ccccc1-c1nnc(SCc2nc3ccccc3s2)o1. The van der Waals surface area contributed by atoms with Crippen LogP contribution in [-0.2, 0) is 5.75 Å². The van der Waals surface area contributed by atoms with Gasteiger partial charge in [0.25, 0.3) is 11.1 Å². The molecule has 5 nitrogen and oxygen atoms in total. The number of rotatable bonds is 5. The quantitative estimate of drug-likeness (QED) is 0.486. The number of hydrogen-bond acceptors (Lipinski definition) is 7. The van der Waals surface area contributed by atoms with Crippen LogP contribution in [0.25, 0.3) is 21.7 Å². The molecule has 7 heteroatoms. The third-order valence-corrected chi connectivity index (χ3v) is 5.45. The fourth-order valence-corrected chi connectivity index (χ4v) is 4.03. The van der Waals surface area contributed by atoms with Gasteiger partial charge in [-0.3, -0.25) is 0 Å². The Bertz CT molecular complexity index is 948. The second-order valence-electron chi connectivity index (χ2n) is 4.94. The highest BCUT2D eigenvalue weighted by atomic mass is 32.2. The summed E-state index contributed by atoms with van der Waals surface area (Å²) in [5.41, 5.74) is 1.82. The molecule has 0 N–H and O–H groups in total. The summed E-state index contributed by atoms with van der Waals surface area (Å²) in [5.74, 6) is 1.87. The molecule has 0 bridgehead atoms. The molecule has 2 aromatic carbocycles. The van der Waals surface area contributed by atoms with Crippen LogP contribution in [0.1, 0.15) is 5.01 Å². The number of methoxy groups -OCH3 is 1. The second kappa shape index (κ2) is 6.62. The van der Waals surface area contributed by atoms with Gasteiger partial charge in [0.1, 0.15) is 10.8 Å². The lowest BCUT2D eigenvalue weighted by Gasteiger charge is -2.03. The smallest absolute Gasteiger partial charge is 0.277 e. The molecule has 4 rings (SSSR count). The van der Waals surface area contributed by atoms with Crippen molar-refractivity contribution < 1.29 is 9.15 Å². The lowest BCUT2D eigenvalue weighted by Crippen LogP contribution is -1.87. The first-order chi connectivity index (χ1) is 11.8.